The third-order valence-electron chi connectivity index (χ3n) is 5.94. The summed E-state index contributed by atoms with van der Waals surface area (Å²) >= 11 is 0. The highest BCUT2D eigenvalue weighted by atomic mass is 15.1. The Morgan fingerprint density at radius 2 is 1.76 bits per heavy atom. The fraction of sp³-hybridized carbons (Fsp3) is 0.385. The summed E-state index contributed by atoms with van der Waals surface area (Å²) in [5, 5.41) is 0. The van der Waals surface area contributed by atoms with Gasteiger partial charge in [-0.25, -0.2) is 0 Å². The first-order chi connectivity index (χ1) is 14.8. The van der Waals surface area contributed by atoms with Crippen molar-refractivity contribution in [2.24, 2.45) is 0 Å². The number of aromatic nitrogens is 2. The number of hydrogen-bond donors (Lipinski definition) is 0. The van der Waals surface area contributed by atoms with Crippen molar-refractivity contribution in [3.63, 3.8) is 0 Å². The van der Waals surface area contributed by atoms with Gasteiger partial charge in [0, 0.05) is 36.9 Å². The average Bonchev–Trinajstić information content (AvgIpc) is 2.73. The average molecular weight is 388 g/mol. The molecule has 3 heteroatoms. The first-order valence-electron chi connectivity index (χ1n) is 11.6. The second-order valence-corrected chi connectivity index (χ2v) is 7.88. The number of nitrogens with zero attached hydrogens (tertiary/aromatic N) is 3. The van der Waals surface area contributed by atoms with Crippen molar-refractivity contribution in [2.45, 2.75) is 60.4 Å². The van der Waals surface area contributed by atoms with Gasteiger partial charge < -0.3 is 4.90 Å². The van der Waals surface area contributed by atoms with E-state index < -0.39 is 6.50 Å². The molecule has 4 rings (SSSR count). The van der Waals surface area contributed by atoms with Crippen molar-refractivity contribution < 1.29 is 2.74 Å². The third kappa shape index (κ3) is 3.55. The van der Waals surface area contributed by atoms with Gasteiger partial charge in [-0.15, -0.1) is 0 Å². The normalized spacial score (nSPS) is 16.2. The van der Waals surface area contributed by atoms with Crippen molar-refractivity contribution >= 4 is 5.69 Å². The molecule has 1 aromatic carbocycles. The van der Waals surface area contributed by atoms with Crippen molar-refractivity contribution in [1.29, 1.82) is 0 Å². The lowest BCUT2D eigenvalue weighted by Crippen LogP contribution is -2.33. The number of aryl methyl sites for hydroxylation is 5. The fourth-order valence-corrected chi connectivity index (χ4v) is 4.44. The summed E-state index contributed by atoms with van der Waals surface area (Å²) < 4.78 is 18.2. The molecule has 0 amide bonds. The molecular formula is C26H31N3. The molecule has 0 saturated carbocycles. The summed E-state index contributed by atoms with van der Waals surface area (Å²) in [6, 6.07) is 10.5. The van der Waals surface area contributed by atoms with Crippen molar-refractivity contribution in [3.05, 3.63) is 75.7 Å². The molecule has 1 aliphatic rings. The Morgan fingerprint density at radius 1 is 1.03 bits per heavy atom. The lowest BCUT2D eigenvalue weighted by Gasteiger charge is -2.33. The van der Waals surface area contributed by atoms with E-state index in [2.05, 4.69) is 43.1 Å². The van der Waals surface area contributed by atoms with E-state index in [0.717, 1.165) is 46.7 Å². The van der Waals surface area contributed by atoms with Gasteiger partial charge in [0.2, 0.25) is 0 Å². The summed E-state index contributed by atoms with van der Waals surface area (Å²) in [4.78, 5) is 11.3. The Hall–Kier alpha value is -2.68. The smallest absolute Gasteiger partial charge is 0.0713 e. The molecule has 150 valence electrons. The number of hydrogen-bond acceptors (Lipinski definition) is 3. The van der Waals surface area contributed by atoms with Crippen molar-refractivity contribution in [2.75, 3.05) is 11.4 Å². The van der Waals surface area contributed by atoms with Crippen LogP contribution in [0, 0.1) is 20.8 Å². The zero-order valence-corrected chi connectivity index (χ0v) is 18.1. The highest BCUT2D eigenvalue weighted by Crippen LogP contribution is 2.34. The van der Waals surface area contributed by atoms with Crippen molar-refractivity contribution in [1.82, 2.24) is 9.97 Å². The minimum atomic E-state index is -1.64. The Morgan fingerprint density at radius 3 is 2.41 bits per heavy atom. The Kier molecular flexibility index (Phi) is 4.73. The van der Waals surface area contributed by atoms with Gasteiger partial charge in [0.25, 0.3) is 0 Å². The van der Waals surface area contributed by atoms with E-state index in [1.807, 2.05) is 31.7 Å². The molecule has 3 aromatic rings. The molecule has 3 heterocycles. The zero-order valence-electron chi connectivity index (χ0n) is 20.1. The highest BCUT2D eigenvalue weighted by Gasteiger charge is 2.23. The van der Waals surface area contributed by atoms with Gasteiger partial charge in [-0.2, -0.15) is 0 Å². The summed E-state index contributed by atoms with van der Waals surface area (Å²) in [5.74, 6) is 0. The molecule has 0 saturated heterocycles. The van der Waals surface area contributed by atoms with Crippen molar-refractivity contribution in [3.8, 4) is 11.3 Å². The molecule has 1 aliphatic heterocycles. The van der Waals surface area contributed by atoms with Gasteiger partial charge in [-0.1, -0.05) is 32.0 Å². The lowest BCUT2D eigenvalue weighted by atomic mass is 9.92. The standard InChI is InChI=1S/C26H31N3/c1-6-20-9-8-10-21(7-2)25(20)24-15-18(4)22-16-29(14-12-23(22)28-24)26-17(3)11-13-27-19(26)5/h8-11,13,15H,6-7,12,14,16H2,1-5H3/i16D2. The Balaban J connectivity index is 1.86. The summed E-state index contributed by atoms with van der Waals surface area (Å²) in [5.41, 5.74) is 10.1. The summed E-state index contributed by atoms with van der Waals surface area (Å²) in [6.45, 7) is 9.30. The SMILES string of the molecule is [2H]C1([2H])c2c(C)cc(-c3c(CC)cccc3CC)nc2CCN1c1c(C)ccnc1C. The topological polar surface area (TPSA) is 29.0 Å². The maximum atomic E-state index is 9.09. The largest absolute Gasteiger partial charge is 0.365 e. The molecule has 0 spiro atoms. The number of benzene rings is 1. The van der Waals surface area contributed by atoms with Gasteiger partial charge >= 0.3 is 0 Å². The van der Waals surface area contributed by atoms with E-state index in [1.54, 1.807) is 6.20 Å². The monoisotopic (exact) mass is 387 g/mol. The van der Waals surface area contributed by atoms with Crippen LogP contribution in [0.5, 0.6) is 0 Å². The molecule has 0 fully saturated rings. The first-order valence-corrected chi connectivity index (χ1v) is 10.6. The molecule has 0 atom stereocenters. The van der Waals surface area contributed by atoms with E-state index in [1.165, 1.54) is 16.7 Å². The Labute approximate surface area is 177 Å². The molecule has 29 heavy (non-hydrogen) atoms. The van der Waals surface area contributed by atoms with Crippen LogP contribution in [0.15, 0.2) is 36.5 Å². The van der Waals surface area contributed by atoms with Crippen LogP contribution in [0.2, 0.25) is 0 Å². The molecule has 0 aliphatic carbocycles. The van der Waals surface area contributed by atoms with Crippen LogP contribution in [-0.4, -0.2) is 16.5 Å². The number of anilines is 1. The maximum absolute atomic E-state index is 9.09. The van der Waals surface area contributed by atoms with Crippen LogP contribution in [-0.2, 0) is 25.8 Å². The minimum Gasteiger partial charge on any atom is -0.365 e. The maximum Gasteiger partial charge on any atom is 0.0713 e. The van der Waals surface area contributed by atoms with Gasteiger partial charge in [-0.3, -0.25) is 9.97 Å². The fourth-order valence-electron chi connectivity index (χ4n) is 4.44. The molecule has 0 unspecified atom stereocenters. The second-order valence-electron chi connectivity index (χ2n) is 7.88. The van der Waals surface area contributed by atoms with Gasteiger partial charge in [0.05, 0.1) is 19.8 Å². The van der Waals surface area contributed by atoms with E-state index in [9.17, 15) is 0 Å². The molecule has 0 radical (unpaired) electrons. The van der Waals surface area contributed by atoms with E-state index in [4.69, 9.17) is 7.73 Å². The number of fused-ring (bicyclic) bond motifs is 1. The lowest BCUT2D eigenvalue weighted by molar-refractivity contribution is 0.702. The molecular weight excluding hydrogens is 354 g/mol. The van der Waals surface area contributed by atoms with Crippen LogP contribution >= 0.6 is 0 Å². The molecule has 0 bridgehead atoms. The predicted molar refractivity (Wildman–Crippen MR) is 122 cm³/mol. The summed E-state index contributed by atoms with van der Waals surface area (Å²) in [7, 11) is 0. The van der Waals surface area contributed by atoms with E-state index in [0.29, 0.717) is 18.5 Å². The summed E-state index contributed by atoms with van der Waals surface area (Å²) in [6.07, 6.45) is 4.41. The molecule has 3 nitrogen and oxygen atoms in total. The van der Waals surface area contributed by atoms with Gasteiger partial charge in [0.15, 0.2) is 0 Å². The van der Waals surface area contributed by atoms with E-state index >= 15 is 0 Å². The molecule has 2 aromatic heterocycles. The zero-order chi connectivity index (χ0) is 22.3. The van der Waals surface area contributed by atoms with Crippen LogP contribution in [0.3, 0.4) is 0 Å². The second kappa shape index (κ2) is 7.98. The quantitative estimate of drug-likeness (QED) is 0.570. The van der Waals surface area contributed by atoms with E-state index in [-0.39, 0.29) is 0 Å². The number of rotatable bonds is 4. The van der Waals surface area contributed by atoms with Crippen LogP contribution in [0.4, 0.5) is 5.69 Å². The highest BCUT2D eigenvalue weighted by molar-refractivity contribution is 5.70. The Bertz CT molecular complexity index is 1100. The number of pyridine rings is 2. The molecule has 0 N–H and O–H groups in total. The third-order valence-corrected chi connectivity index (χ3v) is 5.94. The van der Waals surface area contributed by atoms with Crippen LogP contribution in [0.25, 0.3) is 11.3 Å². The van der Waals surface area contributed by atoms with Crippen LogP contribution in [0.1, 0.15) is 55.8 Å². The minimum absolute atomic E-state index is 0.583. The first kappa shape index (κ1) is 17.2. The van der Waals surface area contributed by atoms with Crippen LogP contribution < -0.4 is 4.90 Å². The van der Waals surface area contributed by atoms with Gasteiger partial charge in [0.1, 0.15) is 0 Å². The predicted octanol–water partition coefficient (Wildman–Crippen LogP) is 5.76. The van der Waals surface area contributed by atoms with Gasteiger partial charge in [-0.05, 0) is 73.6 Å².